The molecule has 5 aromatic rings. The second-order valence-corrected chi connectivity index (χ2v) is 7.08. The molecule has 0 saturated heterocycles. The van der Waals surface area contributed by atoms with Crippen molar-refractivity contribution in [3.63, 3.8) is 0 Å². The van der Waals surface area contributed by atoms with Crippen LogP contribution in [0.2, 0.25) is 0 Å². The van der Waals surface area contributed by atoms with Gasteiger partial charge in [-0.05, 0) is 55.0 Å². The number of carbonyl (C=O) groups is 1. The highest BCUT2D eigenvalue weighted by molar-refractivity contribution is 6.05. The minimum Gasteiger partial charge on any atom is -0.322 e. The van der Waals surface area contributed by atoms with Crippen LogP contribution in [0.4, 0.5) is 5.69 Å². The molecule has 0 spiro atoms. The lowest BCUT2D eigenvalue weighted by molar-refractivity contribution is 0.102. The fourth-order valence-electron chi connectivity index (χ4n) is 3.38. The lowest BCUT2D eigenvalue weighted by Gasteiger charge is -2.09. The van der Waals surface area contributed by atoms with E-state index in [-0.39, 0.29) is 5.91 Å². The number of nitrogens with zero attached hydrogens (tertiary/aromatic N) is 5. The van der Waals surface area contributed by atoms with Crippen LogP contribution in [0.1, 0.15) is 15.9 Å². The Morgan fingerprint density at radius 3 is 2.58 bits per heavy atom. The van der Waals surface area contributed by atoms with Gasteiger partial charge in [-0.3, -0.25) is 9.78 Å². The molecule has 1 amide bonds. The number of rotatable bonds is 4. The van der Waals surface area contributed by atoms with Crippen molar-refractivity contribution in [3.05, 3.63) is 96.2 Å². The quantitative estimate of drug-likeness (QED) is 0.478. The second-order valence-electron chi connectivity index (χ2n) is 7.08. The first kappa shape index (κ1) is 18.6. The molecular formula is C24H18N6O. The van der Waals surface area contributed by atoms with E-state index in [1.54, 1.807) is 10.7 Å². The maximum absolute atomic E-state index is 12.7. The highest BCUT2D eigenvalue weighted by Crippen LogP contribution is 2.23. The molecule has 0 saturated carbocycles. The summed E-state index contributed by atoms with van der Waals surface area (Å²) in [5.41, 5.74) is 5.20. The fraction of sp³-hybridized carbons (Fsp3) is 0.0417. The third kappa shape index (κ3) is 3.64. The molecule has 3 heterocycles. The lowest BCUT2D eigenvalue weighted by Crippen LogP contribution is -2.13. The predicted molar refractivity (Wildman–Crippen MR) is 119 cm³/mol. The average Bonchev–Trinajstić information content (AvgIpc) is 3.23. The first-order valence-electron chi connectivity index (χ1n) is 9.80. The zero-order valence-electron chi connectivity index (χ0n) is 16.7. The molecule has 0 aliphatic heterocycles. The van der Waals surface area contributed by atoms with Crippen LogP contribution in [0, 0.1) is 6.92 Å². The van der Waals surface area contributed by atoms with E-state index in [9.17, 15) is 4.79 Å². The number of pyridine rings is 1. The zero-order valence-corrected chi connectivity index (χ0v) is 16.7. The van der Waals surface area contributed by atoms with Gasteiger partial charge in [0.2, 0.25) is 5.82 Å². The van der Waals surface area contributed by atoms with E-state index in [0.29, 0.717) is 28.4 Å². The topological polar surface area (TPSA) is 85.1 Å². The van der Waals surface area contributed by atoms with Crippen LogP contribution < -0.4 is 5.32 Å². The van der Waals surface area contributed by atoms with E-state index >= 15 is 0 Å². The van der Waals surface area contributed by atoms with Crippen molar-refractivity contribution < 1.29 is 4.79 Å². The summed E-state index contributed by atoms with van der Waals surface area (Å²) in [7, 11) is 0. The Bertz CT molecular complexity index is 1390. The Morgan fingerprint density at radius 2 is 1.74 bits per heavy atom. The minimum atomic E-state index is -0.144. The zero-order chi connectivity index (χ0) is 21.2. The van der Waals surface area contributed by atoms with Gasteiger partial charge in [0, 0.05) is 23.0 Å². The van der Waals surface area contributed by atoms with Gasteiger partial charge < -0.3 is 5.32 Å². The van der Waals surface area contributed by atoms with Gasteiger partial charge in [0.25, 0.3) is 5.91 Å². The number of aromatic nitrogens is 5. The normalized spacial score (nSPS) is 10.9. The van der Waals surface area contributed by atoms with Crippen molar-refractivity contribution in [1.82, 2.24) is 24.8 Å². The summed E-state index contributed by atoms with van der Waals surface area (Å²) in [5, 5.41) is 16.1. The van der Waals surface area contributed by atoms with Gasteiger partial charge >= 0.3 is 0 Å². The molecule has 0 atom stereocenters. The molecule has 7 nitrogen and oxygen atoms in total. The van der Waals surface area contributed by atoms with Crippen molar-refractivity contribution in [2.24, 2.45) is 0 Å². The van der Waals surface area contributed by atoms with Gasteiger partial charge in [-0.2, -0.15) is 9.61 Å². The standard InChI is InChI=1S/C24H18N6O/c1-16-7-2-3-10-19(16)24(31)26-18-9-6-8-17(15-18)20-12-13-22-27-28-23(30(22)29-20)21-11-4-5-14-25-21/h2-15H,1H3,(H,26,31). The molecule has 31 heavy (non-hydrogen) atoms. The van der Waals surface area contributed by atoms with Crippen molar-refractivity contribution in [2.45, 2.75) is 6.92 Å². The van der Waals surface area contributed by atoms with E-state index < -0.39 is 0 Å². The number of aryl methyl sites for hydroxylation is 1. The molecule has 0 aliphatic rings. The first-order chi connectivity index (χ1) is 15.2. The van der Waals surface area contributed by atoms with E-state index in [4.69, 9.17) is 5.10 Å². The third-order valence-corrected chi connectivity index (χ3v) is 4.96. The van der Waals surface area contributed by atoms with Crippen LogP contribution in [0.3, 0.4) is 0 Å². The maximum Gasteiger partial charge on any atom is 0.255 e. The molecule has 2 aromatic carbocycles. The number of benzene rings is 2. The van der Waals surface area contributed by atoms with Crippen LogP contribution in [0.25, 0.3) is 28.4 Å². The fourth-order valence-corrected chi connectivity index (χ4v) is 3.38. The molecule has 7 heteroatoms. The highest BCUT2D eigenvalue weighted by Gasteiger charge is 2.13. The molecule has 0 bridgehead atoms. The number of hydrogen-bond acceptors (Lipinski definition) is 5. The summed E-state index contributed by atoms with van der Waals surface area (Å²) in [5.74, 6) is 0.427. The number of hydrogen-bond donors (Lipinski definition) is 1. The SMILES string of the molecule is Cc1ccccc1C(=O)Nc1cccc(-c2ccc3nnc(-c4ccccn4)n3n2)c1. The highest BCUT2D eigenvalue weighted by atomic mass is 16.1. The predicted octanol–water partition coefficient (Wildman–Crippen LogP) is 4.41. The number of carbonyl (C=O) groups excluding carboxylic acids is 1. The van der Waals surface area contributed by atoms with Crippen LogP contribution in [0.15, 0.2) is 85.1 Å². The Balaban J connectivity index is 1.48. The van der Waals surface area contributed by atoms with E-state index in [1.165, 1.54) is 0 Å². The summed E-state index contributed by atoms with van der Waals surface area (Å²) in [6.45, 7) is 1.92. The molecule has 0 fully saturated rings. The molecule has 150 valence electrons. The van der Waals surface area contributed by atoms with Crippen LogP contribution in [-0.4, -0.2) is 30.7 Å². The molecule has 0 aliphatic carbocycles. The van der Waals surface area contributed by atoms with Crippen molar-refractivity contribution in [1.29, 1.82) is 0 Å². The minimum absolute atomic E-state index is 0.144. The molecule has 1 N–H and O–H groups in total. The van der Waals surface area contributed by atoms with Gasteiger partial charge in [-0.15, -0.1) is 10.2 Å². The molecule has 0 unspecified atom stereocenters. The smallest absolute Gasteiger partial charge is 0.255 e. The lowest BCUT2D eigenvalue weighted by atomic mass is 10.1. The van der Waals surface area contributed by atoms with Crippen LogP contribution >= 0.6 is 0 Å². The Morgan fingerprint density at radius 1 is 0.871 bits per heavy atom. The van der Waals surface area contributed by atoms with Crippen LogP contribution in [-0.2, 0) is 0 Å². The maximum atomic E-state index is 12.7. The van der Waals surface area contributed by atoms with Crippen molar-refractivity contribution >= 4 is 17.2 Å². The summed E-state index contributed by atoms with van der Waals surface area (Å²) in [6, 6.07) is 24.5. The summed E-state index contributed by atoms with van der Waals surface area (Å²) >= 11 is 0. The number of anilines is 1. The molecule has 3 aromatic heterocycles. The van der Waals surface area contributed by atoms with E-state index in [1.807, 2.05) is 85.8 Å². The number of amides is 1. The monoisotopic (exact) mass is 406 g/mol. The van der Waals surface area contributed by atoms with Gasteiger partial charge in [-0.1, -0.05) is 36.4 Å². The second kappa shape index (κ2) is 7.79. The molecule has 5 rings (SSSR count). The number of fused-ring (bicyclic) bond motifs is 1. The Kier molecular flexibility index (Phi) is 4.68. The van der Waals surface area contributed by atoms with E-state index in [0.717, 1.165) is 16.8 Å². The Labute approximate surface area is 178 Å². The summed E-state index contributed by atoms with van der Waals surface area (Å²) < 4.78 is 1.68. The molecular weight excluding hydrogens is 388 g/mol. The first-order valence-corrected chi connectivity index (χ1v) is 9.80. The summed E-state index contributed by atoms with van der Waals surface area (Å²) in [6.07, 6.45) is 1.71. The number of nitrogens with one attached hydrogen (secondary N) is 1. The van der Waals surface area contributed by atoms with Crippen molar-refractivity contribution in [3.8, 4) is 22.8 Å². The Hall–Kier alpha value is -4.39. The largest absolute Gasteiger partial charge is 0.322 e. The summed E-state index contributed by atoms with van der Waals surface area (Å²) in [4.78, 5) is 17.0. The van der Waals surface area contributed by atoms with Gasteiger partial charge in [0.1, 0.15) is 5.69 Å². The van der Waals surface area contributed by atoms with Crippen molar-refractivity contribution in [2.75, 3.05) is 5.32 Å². The molecule has 0 radical (unpaired) electrons. The van der Waals surface area contributed by atoms with Gasteiger partial charge in [0.05, 0.1) is 5.69 Å². The van der Waals surface area contributed by atoms with Crippen LogP contribution in [0.5, 0.6) is 0 Å². The van der Waals surface area contributed by atoms with Gasteiger partial charge in [-0.25, -0.2) is 0 Å². The third-order valence-electron chi connectivity index (χ3n) is 4.96. The van der Waals surface area contributed by atoms with E-state index in [2.05, 4.69) is 20.5 Å². The van der Waals surface area contributed by atoms with Gasteiger partial charge in [0.15, 0.2) is 5.65 Å². The average molecular weight is 406 g/mol.